The highest BCUT2D eigenvalue weighted by Gasteiger charge is 1.96. The summed E-state index contributed by atoms with van der Waals surface area (Å²) in [5.41, 5.74) is 0. The van der Waals surface area contributed by atoms with Crippen LogP contribution in [0.1, 0.15) is 6.42 Å². The van der Waals surface area contributed by atoms with E-state index in [-0.39, 0.29) is 0 Å². The molecule has 55 heavy (non-hydrogen) atoms. The Morgan fingerprint density at radius 1 is 0.164 bits per heavy atom. The van der Waals surface area contributed by atoms with Crippen molar-refractivity contribution in [3.05, 3.63) is 36.5 Å². The van der Waals surface area contributed by atoms with Gasteiger partial charge in [-0.05, 0) is 6.42 Å². The van der Waals surface area contributed by atoms with E-state index in [0.29, 0.717) is 0 Å². The fourth-order valence-corrected chi connectivity index (χ4v) is 0.521. The molecule has 324 valence electrons. The minimum Gasteiger partial charge on any atom is -0.402 e. The average molecular weight is 834 g/mol. The van der Waals surface area contributed by atoms with E-state index < -0.39 is 87.9 Å². The highest BCUT2D eigenvalue weighted by molar-refractivity contribution is 6.33. The summed E-state index contributed by atoms with van der Waals surface area (Å²) in [7, 11) is -26.0. The predicted molar refractivity (Wildman–Crippen MR) is 181 cm³/mol. The molecule has 0 aliphatic heterocycles. The van der Waals surface area contributed by atoms with Gasteiger partial charge < -0.3 is 181 Å². The molecule has 36 nitrogen and oxygen atoms in total. The fourth-order valence-electron chi connectivity index (χ4n) is 0.521. The number of hydrogen-bond donors (Lipinski definition) is 36. The Hall–Kier alpha value is -1.44. The SMILES string of the molecule is C1=CC=CCC=C1.OB(O)O.OB(O)O.OB(O)O.OB(O)O.OB(O)O.OB(O)O.OB(O)O.OB(O)O.OB(O)O.OB(O)O.OB(O)O.OB(O)O. The molecule has 0 amide bonds. The van der Waals surface area contributed by atoms with Gasteiger partial charge in [0.05, 0.1) is 0 Å². The van der Waals surface area contributed by atoms with Crippen LogP contribution in [0, 0.1) is 0 Å². The normalized spacial score (nSPS) is 8.07. The lowest BCUT2D eigenvalue weighted by Gasteiger charge is -1.69. The molecule has 0 spiro atoms. The lowest BCUT2D eigenvalue weighted by molar-refractivity contribution is 0.276. The molecule has 0 radical (unpaired) electrons. The lowest BCUT2D eigenvalue weighted by atomic mass is 10.3. The van der Waals surface area contributed by atoms with Gasteiger partial charge in [-0.3, -0.25) is 0 Å². The van der Waals surface area contributed by atoms with Gasteiger partial charge in [0, 0.05) is 0 Å². The summed E-state index contributed by atoms with van der Waals surface area (Å²) in [6.45, 7) is 0. The molecule has 0 atom stereocenters. The van der Waals surface area contributed by atoms with Crippen LogP contribution < -0.4 is 0 Å². The smallest absolute Gasteiger partial charge is 0.402 e. The van der Waals surface area contributed by atoms with Crippen LogP contribution in [0.2, 0.25) is 0 Å². The van der Waals surface area contributed by atoms with Crippen LogP contribution in [0.4, 0.5) is 0 Å². The molecule has 0 aromatic heterocycles. The molecule has 0 bridgehead atoms. The van der Waals surface area contributed by atoms with Crippen LogP contribution in [0.3, 0.4) is 0 Å². The zero-order valence-electron chi connectivity index (χ0n) is 27.2. The Bertz CT molecular complexity index is 450. The van der Waals surface area contributed by atoms with Crippen LogP contribution >= 0.6 is 0 Å². The van der Waals surface area contributed by atoms with Crippen molar-refractivity contribution in [1.82, 2.24) is 0 Å². The first-order chi connectivity index (χ1) is 24.3. The number of rotatable bonds is 0. The van der Waals surface area contributed by atoms with Crippen molar-refractivity contribution >= 4 is 87.9 Å². The molecular formula is C7H44B12O36. The summed E-state index contributed by atoms with van der Waals surface area (Å²) in [5.74, 6) is 0. The minimum absolute atomic E-state index is 1.08. The maximum absolute atomic E-state index is 7.17. The second-order valence-electron chi connectivity index (χ2n) is 5.63. The van der Waals surface area contributed by atoms with Crippen LogP contribution in [0.15, 0.2) is 36.5 Å². The minimum atomic E-state index is -2.17. The molecule has 1 rings (SSSR count). The lowest BCUT2D eigenvalue weighted by Crippen LogP contribution is -2.07. The van der Waals surface area contributed by atoms with Crippen LogP contribution in [0.5, 0.6) is 0 Å². The average Bonchev–Trinajstić information content (AvgIpc) is 3.13. The molecule has 1 aliphatic carbocycles. The third kappa shape index (κ3) is 4350. The fraction of sp³-hybridized carbons (Fsp3) is 0.143. The number of allylic oxidation sites excluding steroid dienone is 6. The zero-order chi connectivity index (χ0) is 47.9. The molecule has 48 heteroatoms. The van der Waals surface area contributed by atoms with Crippen molar-refractivity contribution < 1.29 is 181 Å². The highest BCUT2D eigenvalue weighted by Crippen LogP contribution is 1.92. The molecular weight excluding hydrogens is 790 g/mol. The van der Waals surface area contributed by atoms with E-state index in [1.165, 1.54) is 0 Å². The Balaban J connectivity index is -0.0000000366. The molecule has 0 saturated heterocycles. The Kier molecular flexibility index (Phi) is 126. The standard InChI is InChI=1S/C7H8.12BH3O3/c1-2-4-6-7-5-3-1;12*2-1(3)4/h1-6H,7H2;12*2-4H. The van der Waals surface area contributed by atoms with Crippen LogP contribution in [-0.4, -0.2) is 269 Å². The van der Waals surface area contributed by atoms with Crippen molar-refractivity contribution in [2.45, 2.75) is 6.42 Å². The quantitative estimate of drug-likeness (QED) is 0.101. The second kappa shape index (κ2) is 80.9. The largest absolute Gasteiger partial charge is 0.631 e. The monoisotopic (exact) mass is 836 g/mol. The summed E-state index contributed by atoms with van der Waals surface area (Å²) in [5, 5.41) is 258. The van der Waals surface area contributed by atoms with Gasteiger partial charge in [-0.2, -0.15) is 0 Å². The zero-order valence-corrected chi connectivity index (χ0v) is 27.2. The molecule has 0 fully saturated rings. The van der Waals surface area contributed by atoms with Gasteiger partial charge in [0.2, 0.25) is 0 Å². The number of hydrogen-bond acceptors (Lipinski definition) is 36. The highest BCUT2D eigenvalue weighted by atomic mass is 16.6. The first-order valence-corrected chi connectivity index (χ1v) is 11.8. The van der Waals surface area contributed by atoms with Crippen molar-refractivity contribution in [3.8, 4) is 0 Å². The van der Waals surface area contributed by atoms with Gasteiger partial charge in [-0.25, -0.2) is 0 Å². The van der Waals surface area contributed by atoms with Gasteiger partial charge in [-0.15, -0.1) is 0 Å². The van der Waals surface area contributed by atoms with E-state index in [1.807, 2.05) is 12.2 Å². The Labute approximate surface area is 312 Å². The Morgan fingerprint density at radius 2 is 0.236 bits per heavy atom. The predicted octanol–water partition coefficient (Wildman–Crippen LogP) is -22.6. The molecule has 0 saturated carbocycles. The van der Waals surface area contributed by atoms with E-state index in [9.17, 15) is 0 Å². The van der Waals surface area contributed by atoms with Crippen LogP contribution in [-0.2, 0) is 0 Å². The third-order valence-electron chi connectivity index (χ3n) is 0.878. The summed E-state index contributed by atoms with van der Waals surface area (Å²) in [6, 6.07) is 0. The molecule has 0 unspecified atom stereocenters. The van der Waals surface area contributed by atoms with E-state index in [2.05, 4.69) is 24.3 Å². The molecule has 1 aliphatic rings. The maximum Gasteiger partial charge on any atom is 0.631 e. The van der Waals surface area contributed by atoms with E-state index in [1.54, 1.807) is 0 Å². The van der Waals surface area contributed by atoms with Crippen molar-refractivity contribution in [3.63, 3.8) is 0 Å². The van der Waals surface area contributed by atoms with Crippen molar-refractivity contribution in [1.29, 1.82) is 0 Å². The summed E-state index contributed by atoms with van der Waals surface area (Å²) < 4.78 is 0. The van der Waals surface area contributed by atoms with Gasteiger partial charge in [0.15, 0.2) is 0 Å². The van der Waals surface area contributed by atoms with Crippen molar-refractivity contribution in [2.24, 2.45) is 0 Å². The molecule has 0 aromatic rings. The topological polar surface area (TPSA) is 728 Å². The molecule has 0 heterocycles. The van der Waals surface area contributed by atoms with E-state index in [4.69, 9.17) is 181 Å². The van der Waals surface area contributed by atoms with Gasteiger partial charge in [-0.1, -0.05) is 36.5 Å². The van der Waals surface area contributed by atoms with Gasteiger partial charge >= 0.3 is 87.9 Å². The molecule has 0 aromatic carbocycles. The third-order valence-corrected chi connectivity index (χ3v) is 0.878. The Morgan fingerprint density at radius 3 is 0.309 bits per heavy atom. The summed E-state index contributed by atoms with van der Waals surface area (Å²) in [6.07, 6.45) is 13.5. The first kappa shape index (κ1) is 85.7. The van der Waals surface area contributed by atoms with Crippen molar-refractivity contribution in [2.75, 3.05) is 0 Å². The summed E-state index contributed by atoms with van der Waals surface area (Å²) >= 11 is 0. The van der Waals surface area contributed by atoms with Gasteiger partial charge in [0.1, 0.15) is 0 Å². The van der Waals surface area contributed by atoms with E-state index >= 15 is 0 Å². The van der Waals surface area contributed by atoms with Gasteiger partial charge in [0.25, 0.3) is 0 Å². The van der Waals surface area contributed by atoms with Crippen LogP contribution in [0.25, 0.3) is 0 Å². The first-order valence-electron chi connectivity index (χ1n) is 11.8. The molecule has 36 N–H and O–H groups in total. The van der Waals surface area contributed by atoms with E-state index in [0.717, 1.165) is 6.42 Å². The summed E-state index contributed by atoms with van der Waals surface area (Å²) in [4.78, 5) is 0. The maximum atomic E-state index is 7.17. The second-order valence-corrected chi connectivity index (χ2v) is 5.63.